The Morgan fingerprint density at radius 3 is 2.13 bits per heavy atom. The minimum absolute atomic E-state index is 0.0409. The molecule has 1 amide bonds. The Kier molecular flexibility index (Phi) is 8.30. The molecule has 0 atom stereocenters. The van der Waals surface area contributed by atoms with Crippen molar-refractivity contribution in [2.24, 2.45) is 5.10 Å². The summed E-state index contributed by atoms with van der Waals surface area (Å²) in [5, 5.41) is 3.89. The van der Waals surface area contributed by atoms with Gasteiger partial charge < -0.3 is 8.92 Å². The molecule has 0 aliphatic rings. The molecule has 4 rings (SSSR count). The average molecular weight is 555 g/mol. The molecule has 0 aromatic heterocycles. The third kappa shape index (κ3) is 7.45. The standard InChI is InChI=1S/C28H21F3N2O5S/c29-28(30,31)22-14-16-24(17-15-22)39(35,36)38-26-13-7-5-9-21(26)19-32-33-27(34)18-20-8-4-6-12-25(20)37-23-10-2-1-3-11-23/h1-17,19H,18H2,(H,33,34)/b32-19+. The molecule has 0 spiro atoms. The lowest BCUT2D eigenvalue weighted by molar-refractivity contribution is -0.137. The molecule has 0 saturated heterocycles. The van der Waals surface area contributed by atoms with Gasteiger partial charge in [0.1, 0.15) is 16.4 Å². The molecule has 0 aliphatic carbocycles. The summed E-state index contributed by atoms with van der Waals surface area (Å²) < 4.78 is 74.6. The summed E-state index contributed by atoms with van der Waals surface area (Å²) in [5.74, 6) is 0.546. The van der Waals surface area contributed by atoms with E-state index in [-0.39, 0.29) is 17.7 Å². The van der Waals surface area contributed by atoms with Gasteiger partial charge in [-0.25, -0.2) is 5.43 Å². The van der Waals surface area contributed by atoms with Crippen molar-refractivity contribution in [1.82, 2.24) is 5.43 Å². The van der Waals surface area contributed by atoms with Gasteiger partial charge in [0.15, 0.2) is 5.75 Å². The number of amides is 1. The smallest absolute Gasteiger partial charge is 0.416 e. The van der Waals surface area contributed by atoms with Crippen LogP contribution in [0.15, 0.2) is 113 Å². The van der Waals surface area contributed by atoms with E-state index in [0.29, 0.717) is 29.2 Å². The Morgan fingerprint density at radius 1 is 0.821 bits per heavy atom. The number of alkyl halides is 3. The van der Waals surface area contributed by atoms with E-state index in [4.69, 9.17) is 8.92 Å². The number of ether oxygens (including phenoxy) is 1. The quantitative estimate of drug-likeness (QED) is 0.157. The summed E-state index contributed by atoms with van der Waals surface area (Å²) in [6.45, 7) is 0. The number of hydrazone groups is 1. The van der Waals surface area contributed by atoms with Crippen molar-refractivity contribution in [1.29, 1.82) is 0 Å². The van der Waals surface area contributed by atoms with E-state index in [1.54, 1.807) is 42.5 Å². The summed E-state index contributed by atoms with van der Waals surface area (Å²) in [5.41, 5.74) is 2.22. The summed E-state index contributed by atoms with van der Waals surface area (Å²) >= 11 is 0. The normalized spacial score (nSPS) is 11.8. The van der Waals surface area contributed by atoms with Gasteiger partial charge in [-0.3, -0.25) is 4.79 Å². The van der Waals surface area contributed by atoms with E-state index in [0.717, 1.165) is 12.1 Å². The molecule has 0 heterocycles. The van der Waals surface area contributed by atoms with Crippen LogP contribution in [0.4, 0.5) is 13.2 Å². The van der Waals surface area contributed by atoms with Crippen molar-refractivity contribution in [2.75, 3.05) is 0 Å². The highest BCUT2D eigenvalue weighted by atomic mass is 32.2. The molecule has 0 saturated carbocycles. The topological polar surface area (TPSA) is 94.1 Å². The van der Waals surface area contributed by atoms with Gasteiger partial charge >= 0.3 is 16.3 Å². The second-order valence-corrected chi connectivity index (χ2v) is 9.64. The Labute approximate surface area is 222 Å². The van der Waals surface area contributed by atoms with Crippen LogP contribution in [0.5, 0.6) is 17.2 Å². The van der Waals surface area contributed by atoms with Gasteiger partial charge in [0.05, 0.1) is 18.2 Å². The predicted octanol–water partition coefficient (Wildman–Crippen LogP) is 5.96. The molecule has 4 aromatic carbocycles. The number of hydrogen-bond donors (Lipinski definition) is 1. The largest absolute Gasteiger partial charge is 0.457 e. The molecule has 0 radical (unpaired) electrons. The minimum atomic E-state index is -4.60. The third-order valence-electron chi connectivity index (χ3n) is 5.28. The maximum atomic E-state index is 12.8. The van der Waals surface area contributed by atoms with Crippen molar-refractivity contribution in [3.8, 4) is 17.2 Å². The monoisotopic (exact) mass is 554 g/mol. The number of rotatable bonds is 9. The van der Waals surface area contributed by atoms with Crippen LogP contribution in [-0.2, 0) is 27.5 Å². The SMILES string of the molecule is O=C(Cc1ccccc1Oc1ccccc1)N/N=C/c1ccccc1OS(=O)(=O)c1ccc(C(F)(F)F)cc1. The van der Waals surface area contributed by atoms with Crippen LogP contribution in [0, 0.1) is 0 Å². The van der Waals surface area contributed by atoms with Gasteiger partial charge in [-0.1, -0.05) is 48.5 Å². The molecular weight excluding hydrogens is 533 g/mol. The maximum absolute atomic E-state index is 12.8. The highest BCUT2D eigenvalue weighted by molar-refractivity contribution is 7.87. The molecule has 4 aromatic rings. The zero-order valence-corrected chi connectivity index (χ0v) is 20.9. The van der Waals surface area contributed by atoms with E-state index in [2.05, 4.69) is 10.5 Å². The summed E-state index contributed by atoms with van der Waals surface area (Å²) in [7, 11) is -4.44. The van der Waals surface area contributed by atoms with Crippen LogP contribution in [0.3, 0.4) is 0 Å². The van der Waals surface area contributed by atoms with Crippen molar-refractivity contribution < 1.29 is 35.3 Å². The van der Waals surface area contributed by atoms with Crippen molar-refractivity contribution in [3.05, 3.63) is 120 Å². The Bertz CT molecular complexity index is 1570. The number of nitrogens with one attached hydrogen (secondary N) is 1. The predicted molar refractivity (Wildman–Crippen MR) is 138 cm³/mol. The Morgan fingerprint density at radius 2 is 1.44 bits per heavy atom. The van der Waals surface area contributed by atoms with Crippen molar-refractivity contribution in [3.63, 3.8) is 0 Å². The van der Waals surface area contributed by atoms with E-state index < -0.39 is 32.7 Å². The van der Waals surface area contributed by atoms with Crippen LogP contribution in [-0.4, -0.2) is 20.5 Å². The van der Waals surface area contributed by atoms with Crippen LogP contribution < -0.4 is 14.3 Å². The fourth-order valence-electron chi connectivity index (χ4n) is 3.39. The van der Waals surface area contributed by atoms with E-state index in [9.17, 15) is 26.4 Å². The van der Waals surface area contributed by atoms with E-state index in [1.807, 2.05) is 18.2 Å². The van der Waals surface area contributed by atoms with Gasteiger partial charge in [-0.2, -0.15) is 26.7 Å². The highest BCUT2D eigenvalue weighted by Gasteiger charge is 2.31. The van der Waals surface area contributed by atoms with Crippen LogP contribution >= 0.6 is 0 Å². The molecule has 7 nitrogen and oxygen atoms in total. The van der Waals surface area contributed by atoms with Crippen molar-refractivity contribution in [2.45, 2.75) is 17.5 Å². The number of hydrogen-bond acceptors (Lipinski definition) is 6. The lowest BCUT2D eigenvalue weighted by atomic mass is 10.1. The van der Waals surface area contributed by atoms with Gasteiger partial charge in [-0.15, -0.1) is 0 Å². The number of benzene rings is 4. The lowest BCUT2D eigenvalue weighted by Gasteiger charge is -2.11. The van der Waals surface area contributed by atoms with Crippen molar-refractivity contribution >= 4 is 22.2 Å². The van der Waals surface area contributed by atoms with Crippen LogP contribution in [0.25, 0.3) is 0 Å². The molecule has 1 N–H and O–H groups in total. The highest BCUT2D eigenvalue weighted by Crippen LogP contribution is 2.30. The zero-order chi connectivity index (χ0) is 27.9. The second kappa shape index (κ2) is 11.8. The van der Waals surface area contributed by atoms with Gasteiger partial charge in [-0.05, 0) is 54.6 Å². The first-order valence-corrected chi connectivity index (χ1v) is 12.9. The number of halogens is 3. The number of carbonyl (C=O) groups excluding carboxylic acids is 1. The minimum Gasteiger partial charge on any atom is -0.457 e. The second-order valence-electron chi connectivity index (χ2n) is 8.09. The molecular formula is C28H21F3N2O5S. The van der Waals surface area contributed by atoms with Gasteiger partial charge in [0, 0.05) is 11.1 Å². The average Bonchev–Trinajstić information content (AvgIpc) is 2.91. The molecule has 0 fully saturated rings. The number of nitrogens with zero attached hydrogens (tertiary/aromatic N) is 1. The molecule has 0 unspecified atom stereocenters. The third-order valence-corrected chi connectivity index (χ3v) is 6.52. The first-order valence-electron chi connectivity index (χ1n) is 11.5. The maximum Gasteiger partial charge on any atom is 0.416 e. The zero-order valence-electron chi connectivity index (χ0n) is 20.1. The molecule has 0 bridgehead atoms. The lowest BCUT2D eigenvalue weighted by Crippen LogP contribution is -2.20. The Hall–Kier alpha value is -4.64. The Balaban J connectivity index is 1.42. The first-order chi connectivity index (χ1) is 18.6. The summed E-state index contributed by atoms with van der Waals surface area (Å²) in [4.78, 5) is 12.1. The molecule has 0 aliphatic heterocycles. The van der Waals surface area contributed by atoms with Gasteiger partial charge in [0.2, 0.25) is 5.91 Å². The summed E-state index contributed by atoms with van der Waals surface area (Å²) in [6, 6.07) is 25.0. The molecule has 11 heteroatoms. The molecule has 39 heavy (non-hydrogen) atoms. The number of carbonyl (C=O) groups is 1. The van der Waals surface area contributed by atoms with E-state index in [1.165, 1.54) is 24.4 Å². The van der Waals surface area contributed by atoms with Gasteiger partial charge in [0.25, 0.3) is 0 Å². The fourth-order valence-corrected chi connectivity index (χ4v) is 4.35. The molecule has 200 valence electrons. The van der Waals surface area contributed by atoms with Crippen LogP contribution in [0.1, 0.15) is 16.7 Å². The van der Waals surface area contributed by atoms with Crippen LogP contribution in [0.2, 0.25) is 0 Å². The fraction of sp³-hybridized carbons (Fsp3) is 0.0714. The van der Waals surface area contributed by atoms with E-state index >= 15 is 0 Å². The summed E-state index contributed by atoms with van der Waals surface area (Å²) in [6.07, 6.45) is -3.45. The first kappa shape index (κ1) is 27.4. The number of para-hydroxylation sites is 3.